The Morgan fingerprint density at radius 2 is 1.15 bits per heavy atom. The second-order valence-electron chi connectivity index (χ2n) is 8.56. The first-order valence-electron chi connectivity index (χ1n) is 10.9. The first kappa shape index (κ1) is 28.3. The van der Waals surface area contributed by atoms with Crippen molar-refractivity contribution in [3.05, 3.63) is 11.3 Å². The Hall–Kier alpha value is -0.940. The van der Waals surface area contributed by atoms with Gasteiger partial charge in [0.2, 0.25) is 5.79 Å². The summed E-state index contributed by atoms with van der Waals surface area (Å²) in [5.41, 5.74) is -0.655. The number of ether oxygens (including phenoxy) is 2. The fourth-order valence-corrected chi connectivity index (χ4v) is 4.16. The van der Waals surface area contributed by atoms with Crippen LogP contribution in [0.25, 0.3) is 0 Å². The summed E-state index contributed by atoms with van der Waals surface area (Å²) in [6.45, 7) is 0.112. The molecule has 13 nitrogen and oxygen atoms in total. The summed E-state index contributed by atoms with van der Waals surface area (Å²) < 4.78 is 10.3. The molecule has 2 aliphatic heterocycles. The van der Waals surface area contributed by atoms with Crippen LogP contribution in [0.2, 0.25) is 0 Å². The number of hydrogen-bond acceptors (Lipinski definition) is 13. The molecule has 2 fully saturated rings. The Labute approximate surface area is 190 Å². The van der Waals surface area contributed by atoms with Crippen molar-refractivity contribution in [1.29, 1.82) is 0 Å². The molecule has 0 aromatic rings. The molecule has 0 aliphatic carbocycles. The van der Waals surface area contributed by atoms with Gasteiger partial charge in [0, 0.05) is 5.57 Å². The van der Waals surface area contributed by atoms with Gasteiger partial charge in [-0.2, -0.15) is 0 Å². The summed E-state index contributed by atoms with van der Waals surface area (Å²) in [5.74, 6) is -7.42. The standard InChI is InChI=1S/C20H36O13/c1-2-3-4-5-6-9(19(30)17(28)14(25)12(23)10(7-21)32-19)16(27)20(31)18(29)15(26)13(24)11(8-22)33-20/h10-15,17-18,21-31H,2-8H2,1H3/b16-9-. The SMILES string of the molecule is CCCCCC/C(=C(/O)C1(O)OC(CO)C(O)C(O)C1O)C1(O)OC(CO)C(O)C(O)C1O. The van der Waals surface area contributed by atoms with E-state index in [9.17, 15) is 56.2 Å². The number of aliphatic hydroxyl groups is 11. The van der Waals surface area contributed by atoms with E-state index in [-0.39, 0.29) is 12.8 Å². The van der Waals surface area contributed by atoms with Gasteiger partial charge < -0.3 is 65.6 Å². The van der Waals surface area contributed by atoms with Gasteiger partial charge in [-0.25, -0.2) is 0 Å². The van der Waals surface area contributed by atoms with Crippen molar-refractivity contribution >= 4 is 0 Å². The summed E-state index contributed by atoms with van der Waals surface area (Å²) in [5, 5.41) is 113. The van der Waals surface area contributed by atoms with Crippen LogP contribution in [0, 0.1) is 0 Å². The van der Waals surface area contributed by atoms with E-state index in [1.165, 1.54) is 0 Å². The van der Waals surface area contributed by atoms with Crippen molar-refractivity contribution in [2.75, 3.05) is 13.2 Å². The van der Waals surface area contributed by atoms with Crippen molar-refractivity contribution in [2.24, 2.45) is 0 Å². The molecule has 0 aromatic carbocycles. The van der Waals surface area contributed by atoms with Crippen LogP contribution in [0.1, 0.15) is 39.0 Å². The predicted octanol–water partition coefficient (Wildman–Crippen LogP) is -3.91. The van der Waals surface area contributed by atoms with E-state index in [1.54, 1.807) is 0 Å². The van der Waals surface area contributed by atoms with Gasteiger partial charge in [0.1, 0.15) is 48.8 Å². The lowest BCUT2D eigenvalue weighted by Gasteiger charge is -2.49. The third kappa shape index (κ3) is 5.19. The van der Waals surface area contributed by atoms with Crippen molar-refractivity contribution in [3.8, 4) is 0 Å². The summed E-state index contributed by atoms with van der Waals surface area (Å²) >= 11 is 0. The van der Waals surface area contributed by atoms with E-state index in [4.69, 9.17) is 9.47 Å². The summed E-state index contributed by atoms with van der Waals surface area (Å²) in [4.78, 5) is 0. The second kappa shape index (κ2) is 11.2. The molecule has 0 bridgehead atoms. The third-order valence-corrected chi connectivity index (χ3v) is 6.27. The molecule has 2 rings (SSSR count). The van der Waals surface area contributed by atoms with E-state index in [2.05, 4.69) is 0 Å². The highest BCUT2D eigenvalue weighted by atomic mass is 16.7. The van der Waals surface area contributed by atoms with Gasteiger partial charge >= 0.3 is 0 Å². The molecule has 2 heterocycles. The van der Waals surface area contributed by atoms with Crippen LogP contribution < -0.4 is 0 Å². The van der Waals surface area contributed by atoms with Crippen LogP contribution in [0.3, 0.4) is 0 Å². The fraction of sp³-hybridized carbons (Fsp3) is 0.900. The molecule has 0 amide bonds. The Morgan fingerprint density at radius 1 is 0.697 bits per heavy atom. The molecule has 2 saturated heterocycles. The van der Waals surface area contributed by atoms with Crippen molar-refractivity contribution < 1.29 is 65.6 Å². The molecular formula is C20H36O13. The van der Waals surface area contributed by atoms with E-state index < -0.39 is 85.0 Å². The normalized spacial score (nSPS) is 45.1. The number of rotatable bonds is 9. The average Bonchev–Trinajstić information content (AvgIpc) is 2.80. The largest absolute Gasteiger partial charge is 0.507 e. The maximum absolute atomic E-state index is 11.2. The molecular weight excluding hydrogens is 448 g/mol. The third-order valence-electron chi connectivity index (χ3n) is 6.27. The second-order valence-corrected chi connectivity index (χ2v) is 8.56. The molecule has 2 aliphatic rings. The number of hydrogen-bond donors (Lipinski definition) is 11. The van der Waals surface area contributed by atoms with Crippen molar-refractivity contribution in [3.63, 3.8) is 0 Å². The van der Waals surface area contributed by atoms with Crippen LogP contribution in [0.4, 0.5) is 0 Å². The topological polar surface area (TPSA) is 241 Å². The first-order chi connectivity index (χ1) is 15.4. The van der Waals surface area contributed by atoms with Crippen LogP contribution in [0.15, 0.2) is 11.3 Å². The quantitative estimate of drug-likeness (QED) is 0.111. The van der Waals surface area contributed by atoms with Crippen LogP contribution in [-0.4, -0.2) is 130 Å². The molecule has 10 unspecified atom stereocenters. The fourth-order valence-electron chi connectivity index (χ4n) is 4.16. The summed E-state index contributed by atoms with van der Waals surface area (Å²) in [6, 6.07) is 0. The van der Waals surface area contributed by atoms with E-state index in [1.807, 2.05) is 6.92 Å². The number of aliphatic hydroxyl groups excluding tert-OH is 9. The van der Waals surface area contributed by atoms with Crippen molar-refractivity contribution in [1.82, 2.24) is 0 Å². The minimum atomic E-state index is -3.17. The van der Waals surface area contributed by atoms with E-state index in [0.29, 0.717) is 6.42 Å². The lowest BCUT2D eigenvalue weighted by molar-refractivity contribution is -0.350. The molecule has 0 saturated carbocycles. The average molecular weight is 484 g/mol. The molecule has 194 valence electrons. The monoisotopic (exact) mass is 484 g/mol. The van der Waals surface area contributed by atoms with Gasteiger partial charge in [0.05, 0.1) is 13.2 Å². The predicted molar refractivity (Wildman–Crippen MR) is 108 cm³/mol. The highest BCUT2D eigenvalue weighted by Crippen LogP contribution is 2.42. The summed E-state index contributed by atoms with van der Waals surface area (Å²) in [7, 11) is 0. The lowest BCUT2D eigenvalue weighted by Crippen LogP contribution is -2.68. The maximum atomic E-state index is 11.2. The molecule has 11 N–H and O–H groups in total. The lowest BCUT2D eigenvalue weighted by atomic mass is 9.82. The van der Waals surface area contributed by atoms with Gasteiger partial charge in [0.15, 0.2) is 5.76 Å². The van der Waals surface area contributed by atoms with Gasteiger partial charge in [0.25, 0.3) is 5.79 Å². The van der Waals surface area contributed by atoms with Gasteiger partial charge in [-0.15, -0.1) is 0 Å². The van der Waals surface area contributed by atoms with Crippen LogP contribution >= 0.6 is 0 Å². The highest BCUT2D eigenvalue weighted by Gasteiger charge is 2.60. The zero-order chi connectivity index (χ0) is 25.1. The Morgan fingerprint density at radius 3 is 1.61 bits per heavy atom. The Balaban J connectivity index is 2.59. The van der Waals surface area contributed by atoms with Gasteiger partial charge in [-0.05, 0) is 12.8 Å². The summed E-state index contributed by atoms with van der Waals surface area (Å²) in [6.07, 6.45) is -13.5. The minimum absolute atomic E-state index is 0.259. The van der Waals surface area contributed by atoms with Crippen molar-refractivity contribution in [2.45, 2.75) is 99.4 Å². The van der Waals surface area contributed by atoms with E-state index in [0.717, 1.165) is 12.8 Å². The van der Waals surface area contributed by atoms with E-state index >= 15 is 0 Å². The van der Waals surface area contributed by atoms with Crippen LogP contribution in [0.5, 0.6) is 0 Å². The zero-order valence-electron chi connectivity index (χ0n) is 18.3. The molecule has 0 aromatic heterocycles. The zero-order valence-corrected chi connectivity index (χ0v) is 18.3. The smallest absolute Gasteiger partial charge is 0.255 e. The maximum Gasteiger partial charge on any atom is 0.255 e. The Kier molecular flexibility index (Phi) is 9.60. The van der Waals surface area contributed by atoms with Crippen LogP contribution in [-0.2, 0) is 9.47 Å². The molecule has 10 atom stereocenters. The Bertz CT molecular complexity index is 670. The van der Waals surface area contributed by atoms with Gasteiger partial charge in [-0.1, -0.05) is 26.2 Å². The molecule has 33 heavy (non-hydrogen) atoms. The first-order valence-corrected chi connectivity index (χ1v) is 10.9. The molecule has 0 spiro atoms. The number of unbranched alkanes of at least 4 members (excludes halogenated alkanes) is 3. The molecule has 0 radical (unpaired) electrons. The molecule has 13 heteroatoms. The highest BCUT2D eigenvalue weighted by molar-refractivity contribution is 5.28. The van der Waals surface area contributed by atoms with Gasteiger partial charge in [-0.3, -0.25) is 0 Å². The minimum Gasteiger partial charge on any atom is -0.507 e.